The van der Waals surface area contributed by atoms with Gasteiger partial charge in [0.25, 0.3) is 0 Å². The molecule has 1 aliphatic rings. The molecule has 0 aliphatic carbocycles. The summed E-state index contributed by atoms with van der Waals surface area (Å²) in [5, 5.41) is 30.4. The molecular formula is C18H34O7. The quantitative estimate of drug-likeness (QED) is 0.560. The van der Waals surface area contributed by atoms with Gasteiger partial charge in [0.2, 0.25) is 6.29 Å². The highest BCUT2D eigenvalue weighted by Crippen LogP contribution is 2.32. The lowest BCUT2D eigenvalue weighted by Crippen LogP contribution is -2.62. The van der Waals surface area contributed by atoms with Crippen LogP contribution in [-0.2, 0) is 19.0 Å². The molecule has 5 atom stereocenters. The van der Waals surface area contributed by atoms with Gasteiger partial charge in [-0.25, -0.2) is 0 Å². The van der Waals surface area contributed by atoms with Crippen LogP contribution in [0.4, 0.5) is 0 Å². The smallest absolute Gasteiger partial charge is 0.314 e. The van der Waals surface area contributed by atoms with Gasteiger partial charge in [-0.05, 0) is 40.0 Å². The van der Waals surface area contributed by atoms with E-state index in [-0.39, 0.29) is 0 Å². The maximum atomic E-state index is 12.4. The molecule has 7 heteroatoms. The van der Waals surface area contributed by atoms with Crippen molar-refractivity contribution in [3.63, 3.8) is 0 Å². The molecule has 1 rings (SSSR count). The van der Waals surface area contributed by atoms with Crippen LogP contribution in [0.2, 0.25) is 0 Å². The van der Waals surface area contributed by atoms with Crippen molar-refractivity contribution in [1.29, 1.82) is 0 Å². The van der Waals surface area contributed by atoms with Gasteiger partial charge >= 0.3 is 5.97 Å². The fourth-order valence-electron chi connectivity index (χ4n) is 2.53. The van der Waals surface area contributed by atoms with Crippen LogP contribution in [-0.4, -0.2) is 64.2 Å². The lowest BCUT2D eigenvalue weighted by Gasteiger charge is -2.44. The average Bonchev–Trinajstić information content (AvgIpc) is 2.60. The summed E-state index contributed by atoms with van der Waals surface area (Å²) in [7, 11) is 0. The van der Waals surface area contributed by atoms with Gasteiger partial charge in [0.15, 0.2) is 0 Å². The van der Waals surface area contributed by atoms with E-state index in [4.69, 9.17) is 14.2 Å². The van der Waals surface area contributed by atoms with Crippen LogP contribution in [0.15, 0.2) is 0 Å². The maximum absolute atomic E-state index is 12.4. The van der Waals surface area contributed by atoms with E-state index in [1.54, 1.807) is 6.92 Å². The molecule has 1 aliphatic heterocycles. The first-order valence-corrected chi connectivity index (χ1v) is 9.06. The van der Waals surface area contributed by atoms with E-state index in [9.17, 15) is 20.1 Å². The molecular weight excluding hydrogens is 328 g/mol. The fourth-order valence-corrected chi connectivity index (χ4v) is 2.53. The molecule has 1 fully saturated rings. The molecule has 0 aromatic rings. The number of hydrogen-bond acceptors (Lipinski definition) is 7. The lowest BCUT2D eigenvalue weighted by atomic mass is 9.85. The van der Waals surface area contributed by atoms with Crippen LogP contribution in [0.5, 0.6) is 0 Å². The molecule has 148 valence electrons. The highest BCUT2D eigenvalue weighted by molar-refractivity contribution is 5.76. The number of aliphatic hydroxyl groups is 3. The minimum atomic E-state index is -1.46. The molecule has 0 saturated carbocycles. The lowest BCUT2D eigenvalue weighted by molar-refractivity contribution is -0.313. The zero-order valence-corrected chi connectivity index (χ0v) is 16.2. The summed E-state index contributed by atoms with van der Waals surface area (Å²) in [6, 6.07) is 0. The Balaban J connectivity index is 2.90. The normalized spacial score (nSPS) is 31.0. The summed E-state index contributed by atoms with van der Waals surface area (Å²) in [4.78, 5) is 12.4. The zero-order chi connectivity index (χ0) is 19.4. The minimum Gasteiger partial charge on any atom is -0.432 e. The SMILES string of the molecule is CCC(C)(C)OC1C(CO)OC(OC(=O)C(C)(CC)CC)C(O)C1O. The molecule has 1 saturated heterocycles. The average molecular weight is 362 g/mol. The van der Waals surface area contributed by atoms with E-state index in [1.165, 1.54) is 0 Å². The third-order valence-electron chi connectivity index (χ3n) is 5.40. The first-order chi connectivity index (χ1) is 11.5. The van der Waals surface area contributed by atoms with E-state index < -0.39 is 54.3 Å². The largest absolute Gasteiger partial charge is 0.432 e. The van der Waals surface area contributed by atoms with Gasteiger partial charge in [-0.15, -0.1) is 0 Å². The third kappa shape index (κ3) is 5.14. The Morgan fingerprint density at radius 3 is 2.04 bits per heavy atom. The molecule has 0 spiro atoms. The van der Waals surface area contributed by atoms with Crippen molar-refractivity contribution in [1.82, 2.24) is 0 Å². The van der Waals surface area contributed by atoms with Gasteiger partial charge in [0.1, 0.15) is 24.4 Å². The Labute approximate surface area is 150 Å². The topological polar surface area (TPSA) is 105 Å². The molecule has 7 nitrogen and oxygen atoms in total. The minimum absolute atomic E-state index is 0.429. The number of rotatable bonds is 8. The van der Waals surface area contributed by atoms with Gasteiger partial charge in [0.05, 0.1) is 17.6 Å². The predicted molar refractivity (Wildman–Crippen MR) is 91.8 cm³/mol. The molecule has 0 amide bonds. The predicted octanol–water partition coefficient (Wildman–Crippen LogP) is 1.37. The van der Waals surface area contributed by atoms with Gasteiger partial charge < -0.3 is 29.5 Å². The summed E-state index contributed by atoms with van der Waals surface area (Å²) in [6.45, 7) is 10.7. The van der Waals surface area contributed by atoms with E-state index in [0.717, 1.165) is 0 Å². The summed E-state index contributed by atoms with van der Waals surface area (Å²) in [5.74, 6) is -0.501. The molecule has 0 aromatic heterocycles. The van der Waals surface area contributed by atoms with Crippen LogP contribution in [0.3, 0.4) is 0 Å². The van der Waals surface area contributed by atoms with Crippen LogP contribution < -0.4 is 0 Å². The Kier molecular flexibility index (Phi) is 7.83. The molecule has 0 aromatic carbocycles. The Morgan fingerprint density at radius 1 is 1.04 bits per heavy atom. The maximum Gasteiger partial charge on any atom is 0.314 e. The van der Waals surface area contributed by atoms with Crippen molar-refractivity contribution in [2.45, 2.75) is 97.1 Å². The second kappa shape index (κ2) is 8.77. The van der Waals surface area contributed by atoms with Crippen molar-refractivity contribution in [2.75, 3.05) is 6.61 Å². The highest BCUT2D eigenvalue weighted by atomic mass is 16.7. The monoisotopic (exact) mass is 362 g/mol. The van der Waals surface area contributed by atoms with Crippen LogP contribution in [0.1, 0.15) is 60.8 Å². The Hall–Kier alpha value is -0.730. The molecule has 25 heavy (non-hydrogen) atoms. The van der Waals surface area contributed by atoms with E-state index >= 15 is 0 Å². The number of ether oxygens (including phenoxy) is 3. The van der Waals surface area contributed by atoms with Crippen LogP contribution >= 0.6 is 0 Å². The Bertz CT molecular complexity index is 431. The molecule has 5 unspecified atom stereocenters. The summed E-state index contributed by atoms with van der Waals surface area (Å²) >= 11 is 0. The Morgan fingerprint density at radius 2 is 1.60 bits per heavy atom. The number of carbonyl (C=O) groups is 1. The van der Waals surface area contributed by atoms with Crippen molar-refractivity contribution in [2.24, 2.45) is 5.41 Å². The summed E-state index contributed by atoms with van der Waals surface area (Å²) in [5.41, 5.74) is -1.26. The summed E-state index contributed by atoms with van der Waals surface area (Å²) < 4.78 is 16.7. The standard InChI is InChI=1S/C18H34O7/c1-7-17(4,5)25-14-11(10-19)23-15(13(21)12(14)20)24-16(22)18(6,8-2)9-3/h11-15,19-21H,7-10H2,1-6H3. The van der Waals surface area contributed by atoms with Crippen molar-refractivity contribution in [3.05, 3.63) is 0 Å². The van der Waals surface area contributed by atoms with Gasteiger partial charge in [-0.1, -0.05) is 20.8 Å². The van der Waals surface area contributed by atoms with Crippen LogP contribution in [0.25, 0.3) is 0 Å². The molecule has 0 radical (unpaired) electrons. The fraction of sp³-hybridized carbons (Fsp3) is 0.944. The second-order valence-corrected chi connectivity index (χ2v) is 7.58. The number of esters is 1. The van der Waals surface area contributed by atoms with E-state index in [0.29, 0.717) is 19.3 Å². The molecule has 3 N–H and O–H groups in total. The number of aliphatic hydroxyl groups excluding tert-OH is 3. The van der Waals surface area contributed by atoms with E-state index in [2.05, 4.69) is 0 Å². The van der Waals surface area contributed by atoms with Crippen molar-refractivity contribution < 1.29 is 34.3 Å². The van der Waals surface area contributed by atoms with Crippen LogP contribution in [0, 0.1) is 5.41 Å². The third-order valence-corrected chi connectivity index (χ3v) is 5.40. The van der Waals surface area contributed by atoms with Gasteiger partial charge in [0, 0.05) is 0 Å². The molecule has 1 heterocycles. The molecule has 0 bridgehead atoms. The number of hydrogen-bond donors (Lipinski definition) is 3. The van der Waals surface area contributed by atoms with Crippen molar-refractivity contribution >= 4 is 5.97 Å². The highest BCUT2D eigenvalue weighted by Gasteiger charge is 2.49. The van der Waals surface area contributed by atoms with Gasteiger partial charge in [-0.2, -0.15) is 0 Å². The van der Waals surface area contributed by atoms with Gasteiger partial charge in [-0.3, -0.25) is 4.79 Å². The zero-order valence-electron chi connectivity index (χ0n) is 16.2. The number of carbonyl (C=O) groups excluding carboxylic acids is 1. The first kappa shape index (κ1) is 22.3. The second-order valence-electron chi connectivity index (χ2n) is 7.58. The summed E-state index contributed by atoms with van der Waals surface area (Å²) in [6.07, 6.45) is -4.15. The first-order valence-electron chi connectivity index (χ1n) is 9.06. The van der Waals surface area contributed by atoms with Crippen molar-refractivity contribution in [3.8, 4) is 0 Å². The van der Waals surface area contributed by atoms with E-state index in [1.807, 2.05) is 34.6 Å².